The molecule has 0 fully saturated rings. The number of phenolic OH excluding ortho intramolecular Hbond substituents is 2. The van der Waals surface area contributed by atoms with Crippen molar-refractivity contribution in [1.82, 2.24) is 0 Å². The van der Waals surface area contributed by atoms with Crippen molar-refractivity contribution in [3.8, 4) is 23.0 Å². The summed E-state index contributed by atoms with van der Waals surface area (Å²) < 4.78 is 63.9. The number of benzene rings is 4. The lowest BCUT2D eigenvalue weighted by Gasteiger charge is -2.30. The van der Waals surface area contributed by atoms with Gasteiger partial charge in [0.25, 0.3) is 0 Å². The minimum absolute atomic E-state index is 0.0132. The average molecular weight is 926 g/mol. The van der Waals surface area contributed by atoms with Crippen LogP contribution in [0.1, 0.15) is 111 Å². The van der Waals surface area contributed by atoms with E-state index in [2.05, 4.69) is 58.2 Å². The highest BCUT2D eigenvalue weighted by Crippen LogP contribution is 2.41. The summed E-state index contributed by atoms with van der Waals surface area (Å²) in [6.07, 6.45) is 3.27. The number of hydrogen-bond acceptors (Lipinski definition) is 8. The van der Waals surface area contributed by atoms with Crippen LogP contribution >= 0.6 is 23.2 Å². The molecular weight excluding hydrogens is 870 g/mol. The highest BCUT2D eigenvalue weighted by molar-refractivity contribution is 7.82. The second-order valence-electron chi connectivity index (χ2n) is 15.6. The molecule has 10 nitrogen and oxygen atoms in total. The molecule has 0 aliphatic heterocycles. The van der Waals surface area contributed by atoms with Crippen LogP contribution in [0.5, 0.6) is 23.0 Å². The molecule has 4 aromatic carbocycles. The zero-order valence-corrected chi connectivity index (χ0v) is 39.3. The summed E-state index contributed by atoms with van der Waals surface area (Å²) in [4.78, 5) is 25.0. The number of carbonyl (C=O) groups excluding carboxylic acids is 2. The van der Waals surface area contributed by atoms with Crippen LogP contribution in [-0.4, -0.2) is 40.9 Å². The molecule has 0 saturated heterocycles. The Morgan fingerprint density at radius 3 is 1.82 bits per heavy atom. The van der Waals surface area contributed by atoms with Crippen LogP contribution < -0.4 is 19.0 Å². The Hall–Kier alpha value is -4.24. The number of carbonyl (C=O) groups is 2. The SMILES string of the molecule is CCCc1c(Cl)cc(NC(=O)C(C)S(=O)Oc2ccc(C(C)(C)CC)cc2C(C)(C)CC)c(O)c1Cl.CCc1c(F)cc(NC(=O)C(C)S(=O)Oc2ccccc2)c(O)c1F. The van der Waals surface area contributed by atoms with Crippen molar-refractivity contribution < 1.29 is 45.4 Å². The molecule has 4 rings (SSSR count). The van der Waals surface area contributed by atoms with Gasteiger partial charge in [-0.15, -0.1) is 0 Å². The van der Waals surface area contributed by atoms with Crippen LogP contribution in [0.3, 0.4) is 0 Å². The third-order valence-electron chi connectivity index (χ3n) is 10.6. The Labute approximate surface area is 373 Å². The molecule has 2 amide bonds. The van der Waals surface area contributed by atoms with E-state index >= 15 is 0 Å². The second-order valence-corrected chi connectivity index (χ2v) is 19.2. The number of rotatable bonds is 17. The van der Waals surface area contributed by atoms with Gasteiger partial charge >= 0.3 is 0 Å². The molecule has 0 bridgehead atoms. The van der Waals surface area contributed by atoms with Crippen LogP contribution in [0, 0.1) is 11.6 Å². The fourth-order valence-electron chi connectivity index (χ4n) is 5.68. The van der Waals surface area contributed by atoms with E-state index in [-0.39, 0.29) is 39.3 Å². The molecule has 61 heavy (non-hydrogen) atoms. The zero-order chi connectivity index (χ0) is 46.0. The summed E-state index contributed by atoms with van der Waals surface area (Å²) in [5, 5.41) is 23.3. The molecule has 4 unspecified atom stereocenters. The third kappa shape index (κ3) is 12.9. The van der Waals surface area contributed by atoms with E-state index in [9.17, 15) is 37.0 Å². The lowest BCUT2D eigenvalue weighted by atomic mass is 9.76. The molecule has 0 spiro atoms. The molecule has 0 radical (unpaired) electrons. The highest BCUT2D eigenvalue weighted by Gasteiger charge is 2.31. The van der Waals surface area contributed by atoms with Crippen molar-refractivity contribution in [2.75, 3.05) is 10.6 Å². The van der Waals surface area contributed by atoms with Crippen molar-refractivity contribution in [2.24, 2.45) is 0 Å². The van der Waals surface area contributed by atoms with Crippen LogP contribution in [0.4, 0.5) is 20.2 Å². The molecule has 4 aromatic rings. The first-order valence-corrected chi connectivity index (χ1v) is 23.0. The molecule has 0 saturated carbocycles. The van der Waals surface area contributed by atoms with Crippen LogP contribution in [0.15, 0.2) is 60.7 Å². The topological polar surface area (TPSA) is 151 Å². The van der Waals surface area contributed by atoms with Crippen LogP contribution in [0.25, 0.3) is 0 Å². The van der Waals surface area contributed by atoms with Crippen molar-refractivity contribution in [2.45, 2.75) is 123 Å². The number of amides is 2. The van der Waals surface area contributed by atoms with Crippen molar-refractivity contribution in [1.29, 1.82) is 0 Å². The van der Waals surface area contributed by atoms with Gasteiger partial charge in [0.15, 0.2) is 17.3 Å². The van der Waals surface area contributed by atoms with E-state index in [4.69, 9.17) is 31.6 Å². The summed E-state index contributed by atoms with van der Waals surface area (Å²) in [6.45, 7) is 19.2. The number of nitrogens with one attached hydrogen (secondary N) is 2. The Bertz CT molecular complexity index is 2240. The molecule has 4 atom stereocenters. The third-order valence-corrected chi connectivity index (χ3v) is 13.6. The Morgan fingerprint density at radius 1 is 0.754 bits per heavy atom. The maximum atomic E-state index is 13.9. The predicted molar refractivity (Wildman–Crippen MR) is 243 cm³/mol. The standard InChI is InChI=1S/C28H39Cl2NO4S.C17H17F2NO4S/c1-9-12-19-21(29)16-22(25(32)24(19)30)31-26(33)17(4)36(34)35-23-14-13-18(27(5,6)10-2)15-20(23)28(7,8)11-3;1-3-12-13(18)9-14(16(21)15(12)19)20-17(22)10(2)25(23)24-11-7-5-4-6-8-11/h13-17,32H,9-12H2,1-8H3,(H,31,33);4-10,21H,3H2,1-2H3,(H,20,22). The van der Waals surface area contributed by atoms with Gasteiger partial charge < -0.3 is 29.2 Å². The van der Waals surface area contributed by atoms with Gasteiger partial charge in [-0.25, -0.2) is 17.2 Å². The minimum Gasteiger partial charge on any atom is -0.504 e. The number of aromatic hydroxyl groups is 2. The van der Waals surface area contributed by atoms with E-state index in [1.54, 1.807) is 30.3 Å². The number of para-hydroxylation sites is 1. The fourth-order valence-corrected chi connectivity index (χ4v) is 7.71. The molecule has 0 aliphatic rings. The summed E-state index contributed by atoms with van der Waals surface area (Å²) in [5.41, 5.74) is 1.88. The number of halogens is 4. The highest BCUT2D eigenvalue weighted by atomic mass is 35.5. The van der Waals surface area contributed by atoms with Gasteiger partial charge in [-0.2, -0.15) is 0 Å². The van der Waals surface area contributed by atoms with Gasteiger partial charge in [0, 0.05) is 22.2 Å². The number of hydrogen-bond donors (Lipinski definition) is 4. The molecule has 0 heterocycles. The first-order chi connectivity index (χ1) is 28.5. The molecular formula is C45H56Cl2F2N2O8S2. The Kier molecular flexibility index (Phi) is 18.6. The fraction of sp³-hybridized carbons (Fsp3) is 0.422. The largest absolute Gasteiger partial charge is 0.504 e. The van der Waals surface area contributed by atoms with Gasteiger partial charge in [-0.3, -0.25) is 9.59 Å². The van der Waals surface area contributed by atoms with Gasteiger partial charge in [0.2, 0.25) is 34.0 Å². The first-order valence-electron chi connectivity index (χ1n) is 19.9. The van der Waals surface area contributed by atoms with E-state index in [0.717, 1.165) is 30.9 Å². The quantitative estimate of drug-likeness (QED) is 0.0764. The Balaban J connectivity index is 0.000000347. The Morgan fingerprint density at radius 2 is 1.30 bits per heavy atom. The van der Waals surface area contributed by atoms with Crippen LogP contribution in [-0.2, 0) is 55.4 Å². The number of anilines is 2. The summed E-state index contributed by atoms with van der Waals surface area (Å²) in [6, 6.07) is 16.5. The molecule has 334 valence electrons. The van der Waals surface area contributed by atoms with Crippen molar-refractivity contribution in [3.63, 3.8) is 0 Å². The average Bonchev–Trinajstić information content (AvgIpc) is 3.23. The zero-order valence-electron chi connectivity index (χ0n) is 36.1. The maximum Gasteiger partial charge on any atom is 0.243 e. The monoisotopic (exact) mass is 924 g/mol. The lowest BCUT2D eigenvalue weighted by Crippen LogP contribution is -2.32. The summed E-state index contributed by atoms with van der Waals surface area (Å²) in [7, 11) is 0. The second kappa shape index (κ2) is 22.2. The predicted octanol–water partition coefficient (Wildman–Crippen LogP) is 11.4. The molecule has 4 N–H and O–H groups in total. The van der Waals surface area contributed by atoms with E-state index < -0.39 is 67.5 Å². The van der Waals surface area contributed by atoms with Crippen LogP contribution in [0.2, 0.25) is 10.0 Å². The van der Waals surface area contributed by atoms with Crippen molar-refractivity contribution >= 4 is 68.6 Å². The molecule has 16 heteroatoms. The van der Waals surface area contributed by atoms with E-state index in [1.807, 2.05) is 19.1 Å². The summed E-state index contributed by atoms with van der Waals surface area (Å²) in [5.74, 6) is -3.74. The molecule has 0 aromatic heterocycles. The summed E-state index contributed by atoms with van der Waals surface area (Å²) >= 11 is 8.59. The first kappa shape index (κ1) is 51.1. The maximum absolute atomic E-state index is 13.9. The van der Waals surface area contributed by atoms with Crippen molar-refractivity contribution in [3.05, 3.63) is 105 Å². The minimum atomic E-state index is -2.02. The van der Waals surface area contributed by atoms with Gasteiger partial charge in [0.1, 0.15) is 27.8 Å². The van der Waals surface area contributed by atoms with E-state index in [1.165, 1.54) is 32.4 Å². The molecule has 0 aliphatic carbocycles. The van der Waals surface area contributed by atoms with Gasteiger partial charge in [-0.1, -0.05) is 115 Å². The van der Waals surface area contributed by atoms with Gasteiger partial charge in [0.05, 0.1) is 16.4 Å². The van der Waals surface area contributed by atoms with E-state index in [0.29, 0.717) is 28.5 Å². The van der Waals surface area contributed by atoms with Gasteiger partial charge in [-0.05, 0) is 85.8 Å². The smallest absolute Gasteiger partial charge is 0.243 e. The normalized spacial score (nSPS) is 13.5. The lowest BCUT2D eigenvalue weighted by molar-refractivity contribution is -0.116. The number of phenols is 2.